The first-order valence-corrected chi connectivity index (χ1v) is 9.07. The normalized spacial score (nSPS) is 10.6. The number of hydrazone groups is 1. The summed E-state index contributed by atoms with van der Waals surface area (Å²) in [6.07, 6.45) is 1.52. The molecular formula is C21H15BrFN3O2. The molecule has 0 atom stereocenters. The molecule has 0 aliphatic rings. The molecule has 140 valence electrons. The van der Waals surface area contributed by atoms with E-state index >= 15 is 0 Å². The lowest BCUT2D eigenvalue weighted by Gasteiger charge is -2.07. The highest BCUT2D eigenvalue weighted by Gasteiger charge is 2.12. The zero-order valence-corrected chi connectivity index (χ0v) is 16.1. The van der Waals surface area contributed by atoms with Crippen molar-refractivity contribution in [2.45, 2.75) is 0 Å². The van der Waals surface area contributed by atoms with E-state index in [0.717, 1.165) is 10.0 Å². The number of anilines is 1. The van der Waals surface area contributed by atoms with Gasteiger partial charge >= 0.3 is 0 Å². The maximum Gasteiger partial charge on any atom is 0.271 e. The summed E-state index contributed by atoms with van der Waals surface area (Å²) in [6, 6.07) is 19.4. The van der Waals surface area contributed by atoms with Crippen molar-refractivity contribution in [3.63, 3.8) is 0 Å². The third-order valence-electron chi connectivity index (χ3n) is 3.73. The predicted molar refractivity (Wildman–Crippen MR) is 110 cm³/mol. The first-order valence-electron chi connectivity index (χ1n) is 8.28. The highest BCUT2D eigenvalue weighted by molar-refractivity contribution is 9.10. The number of amides is 2. The topological polar surface area (TPSA) is 70.6 Å². The molecule has 0 saturated carbocycles. The van der Waals surface area contributed by atoms with Crippen molar-refractivity contribution in [3.05, 3.63) is 99.8 Å². The van der Waals surface area contributed by atoms with Gasteiger partial charge in [-0.3, -0.25) is 9.59 Å². The molecule has 0 fully saturated rings. The van der Waals surface area contributed by atoms with Crippen LogP contribution in [-0.4, -0.2) is 18.0 Å². The number of hydrogen-bond acceptors (Lipinski definition) is 3. The summed E-state index contributed by atoms with van der Waals surface area (Å²) < 4.78 is 14.6. The van der Waals surface area contributed by atoms with Crippen LogP contribution in [0.15, 0.2) is 82.4 Å². The maximum absolute atomic E-state index is 13.7. The van der Waals surface area contributed by atoms with Gasteiger partial charge < -0.3 is 5.32 Å². The molecule has 5 nitrogen and oxygen atoms in total. The highest BCUT2D eigenvalue weighted by atomic mass is 79.9. The van der Waals surface area contributed by atoms with Crippen LogP contribution in [0.5, 0.6) is 0 Å². The van der Waals surface area contributed by atoms with Crippen molar-refractivity contribution in [1.82, 2.24) is 5.43 Å². The Morgan fingerprint density at radius 2 is 1.71 bits per heavy atom. The molecule has 7 heteroatoms. The van der Waals surface area contributed by atoms with Crippen LogP contribution >= 0.6 is 15.9 Å². The Labute approximate surface area is 169 Å². The Bertz CT molecular complexity index is 1050. The summed E-state index contributed by atoms with van der Waals surface area (Å²) in [6.45, 7) is 0. The van der Waals surface area contributed by atoms with Crippen LogP contribution in [0.4, 0.5) is 10.1 Å². The van der Waals surface area contributed by atoms with Crippen molar-refractivity contribution < 1.29 is 14.0 Å². The van der Waals surface area contributed by atoms with Crippen LogP contribution in [0, 0.1) is 5.82 Å². The predicted octanol–water partition coefficient (Wildman–Crippen LogP) is 4.60. The molecule has 0 unspecified atom stereocenters. The first-order chi connectivity index (χ1) is 13.5. The average molecular weight is 440 g/mol. The van der Waals surface area contributed by atoms with Gasteiger partial charge in [0, 0.05) is 15.7 Å². The molecule has 0 spiro atoms. The molecule has 3 aromatic rings. The van der Waals surface area contributed by atoms with Gasteiger partial charge in [0.15, 0.2) is 0 Å². The van der Waals surface area contributed by atoms with Crippen molar-refractivity contribution in [2.24, 2.45) is 5.10 Å². The van der Waals surface area contributed by atoms with E-state index in [4.69, 9.17) is 0 Å². The molecule has 0 aromatic heterocycles. The van der Waals surface area contributed by atoms with E-state index in [1.807, 2.05) is 24.3 Å². The minimum atomic E-state index is -0.615. The molecule has 2 N–H and O–H groups in total. The molecule has 3 aromatic carbocycles. The first kappa shape index (κ1) is 19.4. The molecule has 0 aliphatic heterocycles. The SMILES string of the molecule is O=C(N/N=C/c1cccc(Br)c1)c1cccc(NC(=O)c2ccccc2F)c1. The number of benzene rings is 3. The molecule has 0 heterocycles. The zero-order chi connectivity index (χ0) is 19.9. The quantitative estimate of drug-likeness (QED) is 0.450. The molecular weight excluding hydrogens is 425 g/mol. The van der Waals surface area contributed by atoms with Gasteiger partial charge in [-0.1, -0.05) is 46.3 Å². The smallest absolute Gasteiger partial charge is 0.271 e. The van der Waals surface area contributed by atoms with Gasteiger partial charge in [0.25, 0.3) is 11.8 Å². The van der Waals surface area contributed by atoms with Crippen molar-refractivity contribution in [1.29, 1.82) is 0 Å². The fourth-order valence-electron chi connectivity index (χ4n) is 2.40. The lowest BCUT2D eigenvalue weighted by atomic mass is 10.1. The molecule has 3 rings (SSSR count). The molecule has 0 radical (unpaired) electrons. The second-order valence-corrected chi connectivity index (χ2v) is 6.68. The lowest BCUT2D eigenvalue weighted by molar-refractivity contribution is 0.0953. The molecule has 0 aliphatic carbocycles. The van der Waals surface area contributed by atoms with Crippen LogP contribution in [0.3, 0.4) is 0 Å². The molecule has 28 heavy (non-hydrogen) atoms. The van der Waals surface area contributed by atoms with Crippen molar-refractivity contribution in [2.75, 3.05) is 5.32 Å². The van der Waals surface area contributed by atoms with E-state index in [-0.39, 0.29) is 5.56 Å². The van der Waals surface area contributed by atoms with Crippen molar-refractivity contribution >= 4 is 39.6 Å². The number of hydrogen-bond donors (Lipinski definition) is 2. The fraction of sp³-hybridized carbons (Fsp3) is 0. The molecule has 0 bridgehead atoms. The number of rotatable bonds is 5. The number of halogens is 2. The number of carbonyl (C=O) groups is 2. The second kappa shape index (κ2) is 9.05. The summed E-state index contributed by atoms with van der Waals surface area (Å²) in [5, 5.41) is 6.51. The minimum absolute atomic E-state index is 0.0732. The van der Waals surface area contributed by atoms with Crippen LogP contribution in [-0.2, 0) is 0 Å². The average Bonchev–Trinajstić information content (AvgIpc) is 2.68. The zero-order valence-electron chi connectivity index (χ0n) is 14.5. The van der Waals surface area contributed by atoms with E-state index < -0.39 is 17.6 Å². The Balaban J connectivity index is 1.66. The second-order valence-electron chi connectivity index (χ2n) is 5.77. The van der Waals surface area contributed by atoms with Gasteiger partial charge in [-0.05, 0) is 48.0 Å². The van der Waals surface area contributed by atoms with E-state index in [1.165, 1.54) is 30.5 Å². The fourth-order valence-corrected chi connectivity index (χ4v) is 2.82. The van der Waals surface area contributed by atoms with Gasteiger partial charge in [0.2, 0.25) is 0 Å². The Hall–Kier alpha value is -3.32. The third kappa shape index (κ3) is 5.11. The largest absolute Gasteiger partial charge is 0.322 e. The highest BCUT2D eigenvalue weighted by Crippen LogP contribution is 2.14. The maximum atomic E-state index is 13.7. The number of nitrogens with one attached hydrogen (secondary N) is 2. The van der Waals surface area contributed by atoms with Crippen molar-refractivity contribution in [3.8, 4) is 0 Å². The van der Waals surface area contributed by atoms with E-state index in [2.05, 4.69) is 31.8 Å². The number of nitrogens with zero attached hydrogens (tertiary/aromatic N) is 1. The van der Waals surface area contributed by atoms with Crippen LogP contribution < -0.4 is 10.7 Å². The molecule has 0 saturated heterocycles. The van der Waals surface area contributed by atoms with Gasteiger partial charge in [-0.25, -0.2) is 9.82 Å². The minimum Gasteiger partial charge on any atom is -0.322 e. The van der Waals surface area contributed by atoms with Gasteiger partial charge in [-0.15, -0.1) is 0 Å². The summed E-state index contributed by atoms with van der Waals surface area (Å²) >= 11 is 3.36. The monoisotopic (exact) mass is 439 g/mol. The number of carbonyl (C=O) groups excluding carboxylic acids is 2. The van der Waals surface area contributed by atoms with Crippen LogP contribution in [0.25, 0.3) is 0 Å². The van der Waals surface area contributed by atoms with Gasteiger partial charge in [-0.2, -0.15) is 5.10 Å². The standard InChI is InChI=1S/C21H15BrFN3O2/c22-16-7-3-5-14(11-16)13-24-26-20(27)15-6-4-8-17(12-15)25-21(28)18-9-1-2-10-19(18)23/h1-13H,(H,25,28)(H,26,27)/b24-13+. The third-order valence-corrected chi connectivity index (χ3v) is 4.22. The lowest BCUT2D eigenvalue weighted by Crippen LogP contribution is -2.18. The van der Waals surface area contributed by atoms with Gasteiger partial charge in [0.05, 0.1) is 11.8 Å². The Morgan fingerprint density at radius 3 is 2.50 bits per heavy atom. The van der Waals surface area contributed by atoms with E-state index in [1.54, 1.807) is 24.3 Å². The Kier molecular flexibility index (Phi) is 6.29. The van der Waals surface area contributed by atoms with E-state index in [0.29, 0.717) is 11.3 Å². The van der Waals surface area contributed by atoms with E-state index in [9.17, 15) is 14.0 Å². The van der Waals surface area contributed by atoms with Gasteiger partial charge in [0.1, 0.15) is 5.82 Å². The Morgan fingerprint density at radius 1 is 0.929 bits per heavy atom. The van der Waals surface area contributed by atoms with Crippen LogP contribution in [0.1, 0.15) is 26.3 Å². The summed E-state index contributed by atoms with van der Waals surface area (Å²) in [7, 11) is 0. The van der Waals surface area contributed by atoms with Crippen LogP contribution in [0.2, 0.25) is 0 Å². The summed E-state index contributed by atoms with van der Waals surface area (Å²) in [4.78, 5) is 24.5. The summed E-state index contributed by atoms with van der Waals surface area (Å²) in [5.74, 6) is -1.65. The summed E-state index contributed by atoms with van der Waals surface area (Å²) in [5.41, 5.74) is 3.85. The molecule has 2 amide bonds.